The molecular weight excluding hydrogens is 393 g/mol. The Morgan fingerprint density at radius 1 is 1.10 bits per heavy atom. The number of aldehydes is 1. The zero-order chi connectivity index (χ0) is 21.6. The Hall–Kier alpha value is -2.99. The summed E-state index contributed by atoms with van der Waals surface area (Å²) >= 11 is 0. The Labute approximate surface area is 180 Å². The lowest BCUT2D eigenvalue weighted by atomic mass is 9.89. The summed E-state index contributed by atoms with van der Waals surface area (Å²) in [7, 11) is 0. The van der Waals surface area contributed by atoms with Gasteiger partial charge in [-0.2, -0.15) is 0 Å². The van der Waals surface area contributed by atoms with Crippen LogP contribution in [0.15, 0.2) is 42.6 Å². The number of nitrogens with zero attached hydrogens (tertiary/aromatic N) is 1. The van der Waals surface area contributed by atoms with Crippen LogP contribution in [0.1, 0.15) is 44.1 Å². The Balaban J connectivity index is 1.63. The molecule has 5 rings (SSSR count). The van der Waals surface area contributed by atoms with Crippen molar-refractivity contribution in [1.29, 1.82) is 0 Å². The third kappa shape index (κ3) is 3.65. The second-order valence-electron chi connectivity index (χ2n) is 8.98. The van der Waals surface area contributed by atoms with Crippen molar-refractivity contribution in [3.63, 3.8) is 0 Å². The molecule has 31 heavy (non-hydrogen) atoms. The molecule has 160 valence electrons. The molecular formula is C25H26FN3O2. The van der Waals surface area contributed by atoms with E-state index in [9.17, 15) is 14.3 Å². The minimum atomic E-state index is -0.653. The molecule has 0 unspecified atom stereocenters. The number of nitrogens with one attached hydrogen (secondary N) is 1. The quantitative estimate of drug-likeness (QED) is 0.524. The lowest BCUT2D eigenvalue weighted by Gasteiger charge is -2.29. The van der Waals surface area contributed by atoms with E-state index in [0.29, 0.717) is 11.6 Å². The lowest BCUT2D eigenvalue weighted by Crippen LogP contribution is -2.33. The van der Waals surface area contributed by atoms with Gasteiger partial charge in [0, 0.05) is 34.9 Å². The van der Waals surface area contributed by atoms with E-state index < -0.39 is 11.2 Å². The maximum absolute atomic E-state index is 13.9. The van der Waals surface area contributed by atoms with E-state index >= 15 is 0 Å². The zero-order valence-corrected chi connectivity index (χ0v) is 17.3. The topological polar surface area (TPSA) is 88.2 Å². The Kier molecular flexibility index (Phi) is 4.89. The van der Waals surface area contributed by atoms with Gasteiger partial charge in [0.25, 0.3) is 0 Å². The smallest absolute Gasteiger partial charge is 0.165 e. The number of fused-ring (bicyclic) bond motifs is 1. The predicted octanol–water partition coefficient (Wildman–Crippen LogP) is 4.66. The number of pyridine rings is 1. The summed E-state index contributed by atoms with van der Waals surface area (Å²) in [5.41, 5.74) is 9.85. The normalized spacial score (nSPS) is 22.3. The molecule has 4 N–H and O–H groups in total. The zero-order valence-electron chi connectivity index (χ0n) is 17.3. The van der Waals surface area contributed by atoms with Crippen LogP contribution in [0.4, 0.5) is 10.1 Å². The van der Waals surface area contributed by atoms with Crippen LogP contribution in [-0.4, -0.2) is 28.5 Å². The van der Waals surface area contributed by atoms with Gasteiger partial charge in [0.15, 0.2) is 11.6 Å². The third-order valence-electron chi connectivity index (χ3n) is 6.82. The number of anilines is 1. The number of aromatic hydroxyl groups is 1. The monoisotopic (exact) mass is 419 g/mol. The van der Waals surface area contributed by atoms with Crippen molar-refractivity contribution in [3.05, 3.63) is 54.0 Å². The average Bonchev–Trinajstić information content (AvgIpc) is 3.58. The largest absolute Gasteiger partial charge is 0.505 e. The summed E-state index contributed by atoms with van der Waals surface area (Å²) in [6.45, 7) is 0. The van der Waals surface area contributed by atoms with E-state index in [1.54, 1.807) is 6.07 Å². The van der Waals surface area contributed by atoms with Crippen LogP contribution in [0, 0.1) is 5.82 Å². The predicted molar refractivity (Wildman–Crippen MR) is 120 cm³/mol. The highest BCUT2D eigenvalue weighted by molar-refractivity contribution is 5.98. The van der Waals surface area contributed by atoms with E-state index in [1.165, 1.54) is 12.1 Å². The number of carbonyl (C=O) groups is 1. The highest BCUT2D eigenvalue weighted by atomic mass is 19.1. The van der Waals surface area contributed by atoms with Gasteiger partial charge in [-0.15, -0.1) is 0 Å². The molecule has 0 spiro atoms. The number of hydrogen-bond donors (Lipinski definition) is 3. The maximum Gasteiger partial charge on any atom is 0.165 e. The molecule has 0 aliphatic heterocycles. The van der Waals surface area contributed by atoms with Crippen molar-refractivity contribution in [2.24, 2.45) is 5.73 Å². The van der Waals surface area contributed by atoms with Crippen LogP contribution in [0.2, 0.25) is 0 Å². The fraction of sp³-hybridized carbons (Fsp3) is 0.360. The van der Waals surface area contributed by atoms with E-state index in [2.05, 4.69) is 10.3 Å². The second kappa shape index (κ2) is 7.61. The molecule has 1 aromatic heterocycles. The van der Waals surface area contributed by atoms with Crippen LogP contribution in [0.3, 0.4) is 0 Å². The third-order valence-corrected chi connectivity index (χ3v) is 6.82. The van der Waals surface area contributed by atoms with Crippen LogP contribution in [-0.2, 0) is 10.2 Å². The van der Waals surface area contributed by atoms with Crippen molar-refractivity contribution in [3.8, 4) is 16.9 Å². The molecule has 2 aliphatic rings. The number of hydrogen-bond acceptors (Lipinski definition) is 5. The summed E-state index contributed by atoms with van der Waals surface area (Å²) in [6.07, 6.45) is 8.48. The van der Waals surface area contributed by atoms with Crippen molar-refractivity contribution >= 4 is 22.9 Å². The number of halogens is 1. The first-order chi connectivity index (χ1) is 15.0. The number of nitrogens with two attached hydrogens (primary N) is 1. The number of phenolic OH excluding ortho intramolecular Hbond substituents is 1. The van der Waals surface area contributed by atoms with Gasteiger partial charge in [0.05, 0.1) is 10.9 Å². The fourth-order valence-electron chi connectivity index (χ4n) is 4.64. The molecule has 0 atom stereocenters. The molecule has 5 nitrogen and oxygen atoms in total. The van der Waals surface area contributed by atoms with Gasteiger partial charge < -0.3 is 21.0 Å². The molecule has 2 aromatic carbocycles. The molecule has 0 radical (unpaired) electrons. The van der Waals surface area contributed by atoms with E-state index in [-0.39, 0.29) is 11.8 Å². The molecule has 3 aromatic rings. The lowest BCUT2D eigenvalue weighted by molar-refractivity contribution is -0.109. The van der Waals surface area contributed by atoms with E-state index in [0.717, 1.165) is 72.5 Å². The second-order valence-corrected chi connectivity index (χ2v) is 8.98. The van der Waals surface area contributed by atoms with Gasteiger partial charge in [0.1, 0.15) is 6.29 Å². The summed E-state index contributed by atoms with van der Waals surface area (Å²) in [5.74, 6) is -1.02. The number of aromatic nitrogens is 1. The summed E-state index contributed by atoms with van der Waals surface area (Å²) in [6, 6.07) is 10.7. The number of phenols is 1. The van der Waals surface area contributed by atoms with Crippen molar-refractivity contribution in [1.82, 2.24) is 4.98 Å². The molecule has 0 saturated heterocycles. The van der Waals surface area contributed by atoms with Crippen molar-refractivity contribution < 1.29 is 14.3 Å². The fourth-order valence-corrected chi connectivity index (χ4v) is 4.64. The highest BCUT2D eigenvalue weighted by Gasteiger charge is 2.46. The summed E-state index contributed by atoms with van der Waals surface area (Å²) < 4.78 is 13.9. The Morgan fingerprint density at radius 2 is 1.81 bits per heavy atom. The van der Waals surface area contributed by atoms with Crippen LogP contribution in [0.25, 0.3) is 22.0 Å². The van der Waals surface area contributed by atoms with Crippen LogP contribution >= 0.6 is 0 Å². The first-order valence-electron chi connectivity index (χ1n) is 10.9. The van der Waals surface area contributed by atoms with Crippen LogP contribution < -0.4 is 11.1 Å². The average molecular weight is 420 g/mol. The minimum absolute atomic E-state index is 0.257. The molecule has 2 saturated carbocycles. The number of benzene rings is 2. The maximum atomic E-state index is 13.9. The van der Waals surface area contributed by atoms with E-state index in [4.69, 9.17) is 5.73 Å². The van der Waals surface area contributed by atoms with Gasteiger partial charge in [-0.05, 0) is 73.9 Å². The summed E-state index contributed by atoms with van der Waals surface area (Å²) in [4.78, 5) is 16.6. The van der Waals surface area contributed by atoms with Gasteiger partial charge in [-0.3, -0.25) is 4.98 Å². The van der Waals surface area contributed by atoms with Gasteiger partial charge in [-0.1, -0.05) is 12.1 Å². The molecule has 6 heteroatoms. The SMILES string of the molecule is NC1CCC(Nc2c(C3(C=O)CC3)cnc3ccc(-c4ccc(O)c(F)c4)cc23)CC1. The van der Waals surface area contributed by atoms with Crippen molar-refractivity contribution in [2.45, 2.75) is 56.0 Å². The molecule has 2 fully saturated rings. The molecule has 0 amide bonds. The molecule has 0 bridgehead atoms. The van der Waals surface area contributed by atoms with Crippen molar-refractivity contribution in [2.75, 3.05) is 5.32 Å². The highest BCUT2D eigenvalue weighted by Crippen LogP contribution is 2.50. The first kappa shape index (κ1) is 19.9. The van der Waals surface area contributed by atoms with E-state index in [1.807, 2.05) is 24.4 Å². The van der Waals surface area contributed by atoms with Crippen LogP contribution in [0.5, 0.6) is 5.75 Å². The first-order valence-corrected chi connectivity index (χ1v) is 10.9. The molecule has 2 aliphatic carbocycles. The summed E-state index contributed by atoms with van der Waals surface area (Å²) in [5, 5.41) is 14.2. The Morgan fingerprint density at radius 3 is 2.48 bits per heavy atom. The molecule has 1 heterocycles. The number of rotatable bonds is 5. The van der Waals surface area contributed by atoms with Gasteiger partial charge in [-0.25, -0.2) is 4.39 Å². The van der Waals surface area contributed by atoms with Gasteiger partial charge in [0.2, 0.25) is 0 Å². The number of carbonyl (C=O) groups excluding carboxylic acids is 1. The Bertz CT molecular complexity index is 1150. The standard InChI is InChI=1S/C25H26FN3O2/c26-21-12-16(2-8-23(21)31)15-1-7-22-19(11-15)24(29-18-5-3-17(27)4-6-18)20(13-28-22)25(14-30)9-10-25/h1-2,7-8,11-14,17-18,31H,3-6,9-10,27H2,(H,28,29). The minimum Gasteiger partial charge on any atom is -0.505 e. The van der Waals surface area contributed by atoms with Gasteiger partial charge >= 0.3 is 0 Å².